The van der Waals surface area contributed by atoms with Gasteiger partial charge in [0.25, 0.3) is 0 Å². The number of piperidine rings is 1. The van der Waals surface area contributed by atoms with Crippen LogP contribution in [0.4, 0.5) is 4.79 Å². The largest absolute Gasteiger partial charge is 0.445 e. The average molecular weight is 579 g/mol. The number of fused-ring (bicyclic) bond motifs is 1. The lowest BCUT2D eigenvalue weighted by Crippen LogP contribution is -2.55. The van der Waals surface area contributed by atoms with Crippen molar-refractivity contribution in [1.29, 1.82) is 0 Å². The molecule has 0 radical (unpaired) electrons. The van der Waals surface area contributed by atoms with Gasteiger partial charge in [-0.05, 0) is 54.7 Å². The van der Waals surface area contributed by atoms with E-state index in [0.29, 0.717) is 25.9 Å². The minimum Gasteiger partial charge on any atom is -0.445 e. The highest BCUT2D eigenvalue weighted by molar-refractivity contribution is 7.89. The second kappa shape index (κ2) is 12.3. The van der Waals surface area contributed by atoms with Crippen LogP contribution in [0.3, 0.4) is 0 Å². The second-order valence-electron chi connectivity index (χ2n) is 10.5. The van der Waals surface area contributed by atoms with Crippen LogP contribution < -0.4 is 10.0 Å². The Balaban J connectivity index is 1.15. The summed E-state index contributed by atoms with van der Waals surface area (Å²) in [4.78, 5) is 42.1. The molecule has 3 amide bonds. The minimum absolute atomic E-state index is 0.0840. The summed E-state index contributed by atoms with van der Waals surface area (Å²) in [6, 6.07) is 19.7. The molecule has 10 nitrogen and oxygen atoms in total. The van der Waals surface area contributed by atoms with E-state index in [1.165, 1.54) is 11.0 Å². The molecule has 11 heteroatoms. The predicted molar refractivity (Wildman–Crippen MR) is 153 cm³/mol. The third-order valence-electron chi connectivity index (χ3n) is 7.66. The number of hydrogen-bond acceptors (Lipinski definition) is 6. The van der Waals surface area contributed by atoms with E-state index in [4.69, 9.17) is 4.74 Å². The quantitative estimate of drug-likeness (QED) is 0.423. The fourth-order valence-corrected chi connectivity index (χ4v) is 6.67. The molecule has 2 N–H and O–H groups in total. The van der Waals surface area contributed by atoms with Crippen molar-refractivity contribution in [3.8, 4) is 0 Å². The fraction of sp³-hybridized carbons (Fsp3) is 0.367. The van der Waals surface area contributed by atoms with Crippen molar-refractivity contribution in [2.24, 2.45) is 0 Å². The highest BCUT2D eigenvalue weighted by Crippen LogP contribution is 2.23. The Morgan fingerprint density at radius 1 is 0.976 bits per heavy atom. The van der Waals surface area contributed by atoms with Gasteiger partial charge in [0.05, 0.1) is 4.90 Å². The number of nitrogens with one attached hydrogen (secondary N) is 2. The molecular formula is C30H34N4O6S. The third kappa shape index (κ3) is 6.68. The zero-order valence-electron chi connectivity index (χ0n) is 22.9. The molecule has 3 aromatic carbocycles. The Morgan fingerprint density at radius 3 is 2.49 bits per heavy atom. The maximum absolute atomic E-state index is 13.4. The van der Waals surface area contributed by atoms with E-state index < -0.39 is 34.1 Å². The van der Waals surface area contributed by atoms with Crippen molar-refractivity contribution in [1.82, 2.24) is 19.8 Å². The van der Waals surface area contributed by atoms with E-state index in [2.05, 4.69) is 10.0 Å². The molecule has 0 unspecified atom stereocenters. The molecular weight excluding hydrogens is 544 g/mol. The maximum atomic E-state index is 13.4. The fourth-order valence-electron chi connectivity index (χ4n) is 5.41. The van der Waals surface area contributed by atoms with Crippen molar-refractivity contribution in [2.75, 3.05) is 19.6 Å². The van der Waals surface area contributed by atoms with Crippen molar-refractivity contribution in [2.45, 2.75) is 55.8 Å². The van der Waals surface area contributed by atoms with Gasteiger partial charge in [0.1, 0.15) is 18.7 Å². The normalized spacial score (nSPS) is 20.2. The number of ether oxygens (including phenoxy) is 1. The molecule has 0 spiro atoms. The second-order valence-corrected chi connectivity index (χ2v) is 12.2. The number of sulfonamides is 1. The molecule has 0 saturated carbocycles. The number of hydrogen-bond donors (Lipinski definition) is 2. The van der Waals surface area contributed by atoms with Crippen LogP contribution in [0.5, 0.6) is 0 Å². The summed E-state index contributed by atoms with van der Waals surface area (Å²) in [6.45, 7) is 2.90. The van der Waals surface area contributed by atoms with E-state index in [1.54, 1.807) is 24.0 Å². The zero-order valence-corrected chi connectivity index (χ0v) is 23.7. The van der Waals surface area contributed by atoms with Gasteiger partial charge in [0.2, 0.25) is 21.8 Å². The van der Waals surface area contributed by atoms with E-state index in [0.717, 1.165) is 16.3 Å². The van der Waals surface area contributed by atoms with Crippen molar-refractivity contribution < 1.29 is 27.5 Å². The van der Waals surface area contributed by atoms with Gasteiger partial charge in [-0.25, -0.2) is 13.2 Å². The van der Waals surface area contributed by atoms with E-state index >= 15 is 0 Å². The number of benzene rings is 3. The van der Waals surface area contributed by atoms with Crippen molar-refractivity contribution in [3.05, 3.63) is 78.4 Å². The highest BCUT2D eigenvalue weighted by atomic mass is 32.2. The lowest BCUT2D eigenvalue weighted by atomic mass is 10.0. The van der Waals surface area contributed by atoms with Crippen LogP contribution in [0.1, 0.15) is 31.7 Å². The Labute approximate surface area is 239 Å². The summed E-state index contributed by atoms with van der Waals surface area (Å²) in [7, 11) is -3.94. The average Bonchev–Trinajstić information content (AvgIpc) is 3.34. The highest BCUT2D eigenvalue weighted by Gasteiger charge is 2.40. The number of alkyl carbamates (subject to hydrolysis) is 1. The van der Waals surface area contributed by atoms with Gasteiger partial charge in [-0.1, -0.05) is 60.7 Å². The SMILES string of the molecule is C[C@@H](C(=O)N1CCC[C@H](NC(=O)OCc2ccccc2)C1)N1CC[C@H](NS(=O)(=O)c2ccc3ccccc3c2)C1=O. The third-order valence-corrected chi connectivity index (χ3v) is 9.13. The lowest BCUT2D eigenvalue weighted by molar-refractivity contribution is -0.144. The number of carbonyl (C=O) groups is 3. The summed E-state index contributed by atoms with van der Waals surface area (Å²) in [6.07, 6.45) is 1.13. The van der Waals surface area contributed by atoms with Crippen LogP contribution in [-0.2, 0) is 31.0 Å². The molecule has 3 atom stereocenters. The number of carbonyl (C=O) groups excluding carboxylic acids is 3. The number of likely N-dealkylation sites (tertiary alicyclic amines) is 2. The summed E-state index contributed by atoms with van der Waals surface area (Å²) in [5, 5.41) is 4.54. The summed E-state index contributed by atoms with van der Waals surface area (Å²) < 4.78 is 34.0. The van der Waals surface area contributed by atoms with Crippen LogP contribution in [0, 0.1) is 0 Å². The summed E-state index contributed by atoms with van der Waals surface area (Å²) in [5.41, 5.74) is 0.880. The first kappa shape index (κ1) is 28.6. The first-order valence-electron chi connectivity index (χ1n) is 13.8. The van der Waals surface area contributed by atoms with E-state index in [-0.39, 0.29) is 36.4 Å². The predicted octanol–water partition coefficient (Wildman–Crippen LogP) is 3.02. The van der Waals surface area contributed by atoms with Gasteiger partial charge in [0, 0.05) is 25.7 Å². The molecule has 0 aliphatic carbocycles. The van der Waals surface area contributed by atoms with Gasteiger partial charge in [-0.15, -0.1) is 0 Å². The first-order valence-corrected chi connectivity index (χ1v) is 15.3. The Kier molecular flexibility index (Phi) is 8.55. The van der Waals surface area contributed by atoms with Crippen LogP contribution in [-0.4, -0.2) is 73.9 Å². The van der Waals surface area contributed by atoms with Crippen LogP contribution in [0.25, 0.3) is 10.8 Å². The number of rotatable bonds is 8. The molecule has 3 aromatic rings. The minimum atomic E-state index is -3.94. The van der Waals surface area contributed by atoms with Crippen molar-refractivity contribution >= 4 is 38.7 Å². The standard InChI is InChI=1S/C30H34N4O6S/c1-21(28(35)33-16-7-12-25(19-33)31-30(37)40-20-22-8-3-2-4-9-22)34-17-15-27(29(34)36)32-41(38,39)26-14-13-23-10-5-6-11-24(23)18-26/h2-6,8-11,13-14,18,21,25,27,32H,7,12,15-17,19-20H2,1H3,(H,31,37)/t21-,25-,27-/m0/s1. The molecule has 216 valence electrons. The molecule has 2 aliphatic heterocycles. The molecule has 0 aromatic heterocycles. The smallest absolute Gasteiger partial charge is 0.407 e. The van der Waals surface area contributed by atoms with Gasteiger partial charge in [-0.3, -0.25) is 9.59 Å². The summed E-state index contributed by atoms with van der Waals surface area (Å²) >= 11 is 0. The summed E-state index contributed by atoms with van der Waals surface area (Å²) in [5.74, 6) is -0.660. The maximum Gasteiger partial charge on any atom is 0.407 e. The van der Waals surface area contributed by atoms with Crippen LogP contribution in [0.15, 0.2) is 77.7 Å². The Bertz CT molecular complexity index is 1530. The van der Waals surface area contributed by atoms with Gasteiger partial charge >= 0.3 is 6.09 Å². The van der Waals surface area contributed by atoms with Gasteiger partial charge in [0.15, 0.2) is 0 Å². The van der Waals surface area contributed by atoms with Gasteiger partial charge < -0.3 is 19.9 Å². The number of amides is 3. The van der Waals surface area contributed by atoms with Crippen LogP contribution >= 0.6 is 0 Å². The molecule has 0 bridgehead atoms. The molecule has 2 saturated heterocycles. The topological polar surface area (TPSA) is 125 Å². The Morgan fingerprint density at radius 2 is 1.71 bits per heavy atom. The molecule has 2 heterocycles. The molecule has 2 aliphatic rings. The number of nitrogens with zero attached hydrogens (tertiary/aromatic N) is 2. The molecule has 2 fully saturated rings. The Hall–Kier alpha value is -3.96. The van der Waals surface area contributed by atoms with Gasteiger partial charge in [-0.2, -0.15) is 4.72 Å². The lowest BCUT2D eigenvalue weighted by Gasteiger charge is -2.36. The van der Waals surface area contributed by atoms with Crippen molar-refractivity contribution in [3.63, 3.8) is 0 Å². The molecule has 41 heavy (non-hydrogen) atoms. The van der Waals surface area contributed by atoms with Crippen LogP contribution in [0.2, 0.25) is 0 Å². The van der Waals surface area contributed by atoms with E-state index in [1.807, 2.05) is 54.6 Å². The monoisotopic (exact) mass is 578 g/mol. The first-order chi connectivity index (χ1) is 19.7. The zero-order chi connectivity index (χ0) is 29.0. The van der Waals surface area contributed by atoms with E-state index in [9.17, 15) is 22.8 Å². The molecule has 5 rings (SSSR count).